The Labute approximate surface area is 167 Å². The van der Waals surface area contributed by atoms with Gasteiger partial charge in [-0.1, -0.05) is 35.5 Å². The largest absolute Gasteiger partial charge is 0.394 e. The number of oxime groups is 1. The first-order valence-electron chi connectivity index (χ1n) is 8.54. The molecule has 0 spiro atoms. The summed E-state index contributed by atoms with van der Waals surface area (Å²) in [6.07, 6.45) is 1.43. The van der Waals surface area contributed by atoms with Gasteiger partial charge < -0.3 is 10.6 Å². The molecule has 0 aliphatic heterocycles. The van der Waals surface area contributed by atoms with Crippen LogP contribution in [0.5, 0.6) is 0 Å². The van der Waals surface area contributed by atoms with E-state index in [-0.39, 0.29) is 17.2 Å². The molecule has 0 bridgehead atoms. The number of hydrogen-bond donors (Lipinski definition) is 1. The number of amidine groups is 1. The Morgan fingerprint density at radius 3 is 2.61 bits per heavy atom. The maximum Gasteiger partial charge on any atom is 0.188 e. The third kappa shape index (κ3) is 4.73. The molecular formula is C19H20N4O3S2. The predicted molar refractivity (Wildman–Crippen MR) is 110 cm³/mol. The molecule has 3 aromatic rings. The van der Waals surface area contributed by atoms with Gasteiger partial charge in [0, 0.05) is 23.6 Å². The summed E-state index contributed by atoms with van der Waals surface area (Å²) < 4.78 is 24.4. The second kappa shape index (κ2) is 8.49. The maximum absolute atomic E-state index is 12.2. The van der Waals surface area contributed by atoms with Gasteiger partial charge in [0.05, 0.1) is 21.3 Å². The lowest BCUT2D eigenvalue weighted by Gasteiger charge is -2.08. The Morgan fingerprint density at radius 1 is 1.18 bits per heavy atom. The van der Waals surface area contributed by atoms with Gasteiger partial charge in [-0.15, -0.1) is 11.3 Å². The van der Waals surface area contributed by atoms with Gasteiger partial charge in [-0.05, 0) is 19.1 Å². The Kier molecular flexibility index (Phi) is 6.05. The fraction of sp³-hybridized carbons (Fsp3) is 0.211. The Hall–Kier alpha value is -2.78. The summed E-state index contributed by atoms with van der Waals surface area (Å²) in [5.74, 6) is 0.0901. The number of benzene rings is 1. The molecule has 7 nitrogen and oxygen atoms in total. The zero-order chi connectivity index (χ0) is 20.1. The number of nitrogens with zero attached hydrogens (tertiary/aromatic N) is 3. The van der Waals surface area contributed by atoms with E-state index in [1.807, 2.05) is 35.7 Å². The second-order valence-electron chi connectivity index (χ2n) is 5.98. The van der Waals surface area contributed by atoms with Crippen LogP contribution in [0.1, 0.15) is 23.3 Å². The van der Waals surface area contributed by atoms with Crippen molar-refractivity contribution in [1.82, 2.24) is 9.97 Å². The summed E-state index contributed by atoms with van der Waals surface area (Å²) in [5, 5.41) is 6.47. The highest BCUT2D eigenvalue weighted by Gasteiger charge is 2.18. The van der Waals surface area contributed by atoms with Crippen molar-refractivity contribution in [3.8, 4) is 11.3 Å². The Bertz CT molecular complexity index is 1090. The van der Waals surface area contributed by atoms with Crippen LogP contribution in [0.25, 0.3) is 11.3 Å². The van der Waals surface area contributed by atoms with Crippen molar-refractivity contribution in [2.75, 3.05) is 12.9 Å². The van der Waals surface area contributed by atoms with Crippen molar-refractivity contribution in [1.29, 1.82) is 0 Å². The molecule has 146 valence electrons. The van der Waals surface area contributed by atoms with Crippen LogP contribution in [-0.4, -0.2) is 37.1 Å². The Balaban J connectivity index is 1.96. The summed E-state index contributed by atoms with van der Waals surface area (Å²) >= 11 is 1.45. The maximum atomic E-state index is 12.2. The third-order valence-electron chi connectivity index (χ3n) is 3.83. The molecule has 0 aliphatic carbocycles. The predicted octanol–water partition coefficient (Wildman–Crippen LogP) is 2.86. The summed E-state index contributed by atoms with van der Waals surface area (Å²) in [5.41, 5.74) is 8.46. The molecule has 0 fully saturated rings. The molecule has 0 aliphatic rings. The van der Waals surface area contributed by atoms with Crippen LogP contribution in [0, 0.1) is 0 Å². The average Bonchev–Trinajstić information content (AvgIpc) is 3.14. The number of hydrogen-bond acceptors (Lipinski definition) is 7. The summed E-state index contributed by atoms with van der Waals surface area (Å²) in [4.78, 5) is 14.1. The van der Waals surface area contributed by atoms with Crippen molar-refractivity contribution in [3.05, 3.63) is 64.2 Å². The first kappa shape index (κ1) is 20.0. The number of sulfone groups is 1. The van der Waals surface area contributed by atoms with Crippen LogP contribution in [0.15, 0.2) is 57.9 Å². The summed E-state index contributed by atoms with van der Waals surface area (Å²) in [6.45, 7) is 2.16. The standard InChI is InChI=1S/C19H20N4O3S2/c1-3-26-23-19(20)14-9-10-17(28(2,24)25)15(21-14)11-18-22-16(12-27-18)13-7-5-4-6-8-13/h4-10,12H,3,11H2,1-2H3,(H2,20,23). The second-order valence-corrected chi connectivity index (χ2v) is 8.90. The molecule has 9 heteroatoms. The highest BCUT2D eigenvalue weighted by Crippen LogP contribution is 2.25. The molecule has 1 aromatic carbocycles. The van der Waals surface area contributed by atoms with Crippen LogP contribution >= 0.6 is 11.3 Å². The molecule has 0 saturated heterocycles. The van der Waals surface area contributed by atoms with E-state index in [0.717, 1.165) is 22.5 Å². The van der Waals surface area contributed by atoms with Gasteiger partial charge in [-0.25, -0.2) is 18.4 Å². The minimum Gasteiger partial charge on any atom is -0.394 e. The van der Waals surface area contributed by atoms with Gasteiger partial charge in [0.25, 0.3) is 0 Å². The summed E-state index contributed by atoms with van der Waals surface area (Å²) in [6, 6.07) is 12.8. The van der Waals surface area contributed by atoms with E-state index < -0.39 is 9.84 Å². The van der Waals surface area contributed by atoms with E-state index in [1.165, 1.54) is 23.5 Å². The van der Waals surface area contributed by atoms with Gasteiger partial charge in [-0.2, -0.15) is 0 Å². The first-order valence-corrected chi connectivity index (χ1v) is 11.3. The molecule has 0 atom stereocenters. The molecule has 0 saturated carbocycles. The van der Waals surface area contributed by atoms with Crippen LogP contribution in [0.4, 0.5) is 0 Å². The molecule has 3 rings (SSSR count). The van der Waals surface area contributed by atoms with Gasteiger partial charge in [0.1, 0.15) is 12.3 Å². The number of pyridine rings is 1. The van der Waals surface area contributed by atoms with E-state index in [1.54, 1.807) is 6.92 Å². The molecule has 28 heavy (non-hydrogen) atoms. The van der Waals surface area contributed by atoms with E-state index >= 15 is 0 Å². The molecule has 0 amide bonds. The third-order valence-corrected chi connectivity index (χ3v) is 5.85. The number of aromatic nitrogens is 2. The lowest BCUT2D eigenvalue weighted by atomic mass is 10.2. The van der Waals surface area contributed by atoms with Crippen molar-refractivity contribution >= 4 is 27.0 Å². The lowest BCUT2D eigenvalue weighted by Crippen LogP contribution is -2.18. The summed E-state index contributed by atoms with van der Waals surface area (Å²) in [7, 11) is -3.46. The topological polar surface area (TPSA) is 108 Å². The van der Waals surface area contributed by atoms with Crippen LogP contribution in [-0.2, 0) is 21.1 Å². The molecule has 2 heterocycles. The first-order chi connectivity index (χ1) is 13.4. The van der Waals surface area contributed by atoms with E-state index in [9.17, 15) is 8.42 Å². The van der Waals surface area contributed by atoms with Gasteiger partial charge >= 0.3 is 0 Å². The lowest BCUT2D eigenvalue weighted by molar-refractivity contribution is 0.158. The average molecular weight is 417 g/mol. The Morgan fingerprint density at radius 2 is 1.93 bits per heavy atom. The van der Waals surface area contributed by atoms with E-state index in [4.69, 9.17) is 10.6 Å². The normalized spacial score (nSPS) is 12.1. The van der Waals surface area contributed by atoms with Crippen LogP contribution < -0.4 is 5.73 Å². The highest BCUT2D eigenvalue weighted by molar-refractivity contribution is 7.90. The molecule has 0 radical (unpaired) electrons. The number of thiazole rings is 1. The molecule has 2 N–H and O–H groups in total. The minimum atomic E-state index is -3.46. The smallest absolute Gasteiger partial charge is 0.188 e. The van der Waals surface area contributed by atoms with Crippen molar-refractivity contribution in [2.24, 2.45) is 10.9 Å². The monoisotopic (exact) mass is 416 g/mol. The van der Waals surface area contributed by atoms with Gasteiger partial charge in [0.2, 0.25) is 0 Å². The quantitative estimate of drug-likeness (QED) is 0.360. The SMILES string of the molecule is CCO/N=C(\N)c1ccc(S(C)(=O)=O)c(Cc2nc(-c3ccccc3)cs2)n1. The van der Waals surface area contributed by atoms with Gasteiger partial charge in [-0.3, -0.25) is 0 Å². The highest BCUT2D eigenvalue weighted by atomic mass is 32.2. The van der Waals surface area contributed by atoms with Crippen molar-refractivity contribution in [2.45, 2.75) is 18.2 Å². The van der Waals surface area contributed by atoms with E-state index in [0.29, 0.717) is 18.0 Å². The van der Waals surface area contributed by atoms with Crippen LogP contribution in [0.2, 0.25) is 0 Å². The van der Waals surface area contributed by atoms with Gasteiger partial charge in [0.15, 0.2) is 15.7 Å². The fourth-order valence-electron chi connectivity index (χ4n) is 2.55. The zero-order valence-corrected chi connectivity index (χ0v) is 17.1. The molecule has 0 unspecified atom stereocenters. The number of nitrogens with two attached hydrogens (primary N) is 1. The molecular weight excluding hydrogens is 396 g/mol. The van der Waals surface area contributed by atoms with E-state index in [2.05, 4.69) is 15.1 Å². The van der Waals surface area contributed by atoms with Crippen LogP contribution in [0.3, 0.4) is 0 Å². The fourth-order valence-corrected chi connectivity index (χ4v) is 4.22. The van der Waals surface area contributed by atoms with Crippen molar-refractivity contribution < 1.29 is 13.3 Å². The van der Waals surface area contributed by atoms with Crippen molar-refractivity contribution in [3.63, 3.8) is 0 Å². The zero-order valence-electron chi connectivity index (χ0n) is 15.5. The minimum absolute atomic E-state index is 0.0901. The molecule has 2 aromatic heterocycles. The number of rotatable bonds is 7.